The molecule has 4 rings (SSSR count). The lowest BCUT2D eigenvalue weighted by Gasteiger charge is -2.38. The Labute approximate surface area is 135 Å². The number of allylic oxidation sites excluding steroid dienone is 2. The van der Waals surface area contributed by atoms with E-state index in [9.17, 15) is 4.79 Å². The van der Waals surface area contributed by atoms with Gasteiger partial charge in [0.25, 0.3) is 0 Å². The Morgan fingerprint density at radius 3 is 2.87 bits per heavy atom. The van der Waals surface area contributed by atoms with E-state index in [0.29, 0.717) is 6.42 Å². The Morgan fingerprint density at radius 1 is 1.30 bits per heavy atom. The van der Waals surface area contributed by atoms with E-state index in [1.54, 1.807) is 6.20 Å². The summed E-state index contributed by atoms with van der Waals surface area (Å²) in [5.41, 5.74) is 4.97. The Balaban J connectivity index is 1.94. The first-order valence-electron chi connectivity index (χ1n) is 7.94. The summed E-state index contributed by atoms with van der Waals surface area (Å²) in [6.07, 6.45) is 5.05. The number of fused-ring (bicyclic) bond motifs is 1. The first-order chi connectivity index (χ1) is 11.0. The molecule has 1 atom stereocenters. The van der Waals surface area contributed by atoms with Gasteiger partial charge in [-0.15, -0.1) is 0 Å². The molecule has 1 aliphatic heterocycles. The summed E-state index contributed by atoms with van der Waals surface area (Å²) in [7, 11) is 0. The van der Waals surface area contributed by atoms with Gasteiger partial charge in [-0.05, 0) is 30.4 Å². The number of aryl methyl sites for hydroxylation is 1. The third-order valence-electron chi connectivity index (χ3n) is 4.78. The van der Waals surface area contributed by atoms with E-state index in [-0.39, 0.29) is 17.1 Å². The Hall–Kier alpha value is -2.43. The molecule has 1 aliphatic carbocycles. The van der Waals surface area contributed by atoms with Crippen LogP contribution in [0.1, 0.15) is 49.4 Å². The minimum absolute atomic E-state index is 0.0226. The molecule has 118 valence electrons. The lowest BCUT2D eigenvalue weighted by Crippen LogP contribution is -2.33. The summed E-state index contributed by atoms with van der Waals surface area (Å²) in [5, 5.41) is 10.8. The minimum atomic E-state index is -0.0858. The van der Waals surface area contributed by atoms with Gasteiger partial charge in [-0.1, -0.05) is 19.9 Å². The van der Waals surface area contributed by atoms with Crippen molar-refractivity contribution in [3.63, 3.8) is 0 Å². The largest absolute Gasteiger partial charge is 0.342 e. The van der Waals surface area contributed by atoms with E-state index in [0.717, 1.165) is 40.3 Å². The lowest BCUT2D eigenvalue weighted by atomic mass is 9.69. The summed E-state index contributed by atoms with van der Waals surface area (Å²) in [6.45, 7) is 6.28. The van der Waals surface area contributed by atoms with Gasteiger partial charge in [0.05, 0.1) is 0 Å². The maximum atomic E-state index is 12.9. The van der Waals surface area contributed by atoms with Crippen LogP contribution in [0.5, 0.6) is 0 Å². The van der Waals surface area contributed by atoms with Crippen LogP contribution in [0.2, 0.25) is 0 Å². The van der Waals surface area contributed by atoms with E-state index >= 15 is 0 Å². The van der Waals surface area contributed by atoms with Crippen molar-refractivity contribution in [1.82, 2.24) is 15.2 Å². The van der Waals surface area contributed by atoms with Crippen molar-refractivity contribution in [3.8, 4) is 0 Å². The second-order valence-corrected chi connectivity index (χ2v) is 7.29. The molecule has 3 heterocycles. The molecule has 2 aliphatic rings. The highest BCUT2D eigenvalue weighted by Crippen LogP contribution is 2.48. The van der Waals surface area contributed by atoms with Crippen molar-refractivity contribution in [3.05, 3.63) is 52.6 Å². The molecule has 0 radical (unpaired) electrons. The number of nitrogens with zero attached hydrogens (tertiary/aromatic N) is 2. The summed E-state index contributed by atoms with van der Waals surface area (Å²) >= 11 is 0. The van der Waals surface area contributed by atoms with E-state index < -0.39 is 0 Å². The van der Waals surface area contributed by atoms with Crippen molar-refractivity contribution in [2.75, 3.05) is 5.32 Å². The molecule has 0 saturated heterocycles. The maximum Gasteiger partial charge on any atom is 0.162 e. The minimum Gasteiger partial charge on any atom is -0.342 e. The van der Waals surface area contributed by atoms with Gasteiger partial charge in [-0.2, -0.15) is 5.10 Å². The van der Waals surface area contributed by atoms with E-state index in [1.807, 2.05) is 25.3 Å². The maximum absolute atomic E-state index is 12.9. The van der Waals surface area contributed by atoms with Crippen LogP contribution in [-0.2, 0) is 4.79 Å². The zero-order valence-electron chi connectivity index (χ0n) is 13.6. The quantitative estimate of drug-likeness (QED) is 0.848. The van der Waals surface area contributed by atoms with Crippen LogP contribution in [0.4, 0.5) is 5.82 Å². The molecule has 0 unspecified atom stereocenters. The van der Waals surface area contributed by atoms with Crippen LogP contribution in [0.25, 0.3) is 0 Å². The van der Waals surface area contributed by atoms with Gasteiger partial charge in [0, 0.05) is 47.3 Å². The molecule has 0 spiro atoms. The smallest absolute Gasteiger partial charge is 0.162 e. The number of carbonyl (C=O) groups excluding carboxylic acids is 1. The van der Waals surface area contributed by atoms with E-state index in [4.69, 9.17) is 0 Å². The molecule has 2 aromatic rings. The average molecular weight is 308 g/mol. The third-order valence-corrected chi connectivity index (χ3v) is 4.78. The highest BCUT2D eigenvalue weighted by atomic mass is 16.1. The van der Waals surface area contributed by atoms with Crippen molar-refractivity contribution in [2.45, 2.75) is 39.5 Å². The number of hydrogen-bond acceptors (Lipinski definition) is 4. The van der Waals surface area contributed by atoms with Crippen LogP contribution in [0.15, 0.2) is 35.8 Å². The number of H-pyrrole nitrogens is 1. The van der Waals surface area contributed by atoms with Gasteiger partial charge in [0.2, 0.25) is 0 Å². The molecule has 0 fully saturated rings. The van der Waals surface area contributed by atoms with Crippen molar-refractivity contribution in [1.29, 1.82) is 0 Å². The van der Waals surface area contributed by atoms with E-state index in [1.165, 1.54) is 0 Å². The molecule has 23 heavy (non-hydrogen) atoms. The molecule has 2 aromatic heterocycles. The number of hydrogen-bond donors (Lipinski definition) is 2. The molecule has 0 saturated carbocycles. The number of aromatic amines is 1. The average Bonchev–Trinajstić information content (AvgIpc) is 2.86. The highest BCUT2D eigenvalue weighted by molar-refractivity contribution is 6.01. The predicted molar refractivity (Wildman–Crippen MR) is 88.1 cm³/mol. The molecule has 2 N–H and O–H groups in total. The zero-order valence-corrected chi connectivity index (χ0v) is 13.6. The molecule has 0 aromatic carbocycles. The first-order valence-corrected chi connectivity index (χ1v) is 7.94. The molecular formula is C18H20N4O. The highest BCUT2D eigenvalue weighted by Gasteiger charge is 2.42. The SMILES string of the molecule is Cc1[nH]nc2c1[C@H](c1cccnc1)C1=C(CC(C)(C)CC1=O)N2. The van der Waals surface area contributed by atoms with Gasteiger partial charge in [-0.25, -0.2) is 0 Å². The molecule has 5 nitrogen and oxygen atoms in total. The topological polar surface area (TPSA) is 70.7 Å². The lowest BCUT2D eigenvalue weighted by molar-refractivity contribution is -0.118. The van der Waals surface area contributed by atoms with Gasteiger partial charge >= 0.3 is 0 Å². The second kappa shape index (κ2) is 4.78. The monoisotopic (exact) mass is 308 g/mol. The van der Waals surface area contributed by atoms with Crippen molar-refractivity contribution in [2.24, 2.45) is 5.41 Å². The summed E-state index contributed by atoms with van der Waals surface area (Å²) in [5.74, 6) is 0.974. The number of aromatic nitrogens is 3. The predicted octanol–water partition coefficient (Wildman–Crippen LogP) is 3.31. The van der Waals surface area contributed by atoms with Crippen LogP contribution in [0.3, 0.4) is 0 Å². The number of carbonyl (C=O) groups is 1. The van der Waals surface area contributed by atoms with Crippen molar-refractivity contribution < 1.29 is 4.79 Å². The third kappa shape index (κ3) is 2.19. The Morgan fingerprint density at radius 2 is 2.13 bits per heavy atom. The van der Waals surface area contributed by atoms with Crippen LogP contribution in [-0.4, -0.2) is 21.0 Å². The molecule has 5 heteroatoms. The summed E-state index contributed by atoms with van der Waals surface area (Å²) in [6, 6.07) is 3.96. The molecular weight excluding hydrogens is 288 g/mol. The fourth-order valence-electron chi connectivity index (χ4n) is 3.83. The van der Waals surface area contributed by atoms with Crippen LogP contribution >= 0.6 is 0 Å². The first kappa shape index (κ1) is 14.2. The van der Waals surface area contributed by atoms with Gasteiger partial charge in [0.1, 0.15) is 0 Å². The fraction of sp³-hybridized carbons (Fsp3) is 0.389. The number of Topliss-reactive ketones (excluding diaryl/α,β-unsaturated/α-hetero) is 1. The number of rotatable bonds is 1. The zero-order chi connectivity index (χ0) is 16.2. The fourth-order valence-corrected chi connectivity index (χ4v) is 3.83. The van der Waals surface area contributed by atoms with Gasteiger partial charge in [0.15, 0.2) is 11.6 Å². The summed E-state index contributed by atoms with van der Waals surface area (Å²) < 4.78 is 0. The molecule has 0 amide bonds. The number of ketones is 1. The Kier molecular flexibility index (Phi) is 2.95. The van der Waals surface area contributed by atoms with Crippen LogP contribution in [0, 0.1) is 12.3 Å². The van der Waals surface area contributed by atoms with Crippen molar-refractivity contribution >= 4 is 11.6 Å². The summed E-state index contributed by atoms with van der Waals surface area (Å²) in [4.78, 5) is 17.2. The standard InChI is InChI=1S/C18H20N4O/c1-10-14-15(11-5-4-6-19-9-11)16-12(20-17(14)22-21-10)7-18(2,3)8-13(16)23/h4-6,9,15H,7-8H2,1-3H3,(H2,20,21,22)/t15-/m0/s1. The number of pyridine rings is 1. The van der Waals surface area contributed by atoms with Crippen LogP contribution < -0.4 is 5.32 Å². The number of anilines is 1. The normalized spacial score (nSPS) is 22.4. The second-order valence-electron chi connectivity index (χ2n) is 7.29. The van der Waals surface area contributed by atoms with Gasteiger partial charge in [-0.3, -0.25) is 14.9 Å². The number of nitrogens with one attached hydrogen (secondary N) is 2. The van der Waals surface area contributed by atoms with Gasteiger partial charge < -0.3 is 5.32 Å². The molecule has 0 bridgehead atoms. The van der Waals surface area contributed by atoms with E-state index in [2.05, 4.69) is 34.3 Å². The Bertz CT molecular complexity index is 817.